The molecule has 0 radical (unpaired) electrons. The highest BCUT2D eigenvalue weighted by molar-refractivity contribution is 7.91. The lowest BCUT2D eigenvalue weighted by Gasteiger charge is -2.12. The number of primary sulfonamides is 1. The number of thiophene rings is 1. The maximum Gasteiger partial charge on any atom is 0.445 e. The zero-order valence-corrected chi connectivity index (χ0v) is 13.8. The highest BCUT2D eigenvalue weighted by atomic mass is 32.2. The van der Waals surface area contributed by atoms with Crippen LogP contribution in [-0.4, -0.2) is 22.7 Å². The summed E-state index contributed by atoms with van der Waals surface area (Å²) < 4.78 is 85.7. The van der Waals surface area contributed by atoms with Crippen LogP contribution < -0.4 is 9.64 Å². The van der Waals surface area contributed by atoms with E-state index in [2.05, 4.69) is 0 Å². The number of rotatable bonds is 3. The number of allylic oxidation sites excluding steroid dienone is 1. The number of hydrogen-bond donors (Lipinski definition) is 1. The minimum absolute atomic E-state index is 0.395. The molecule has 1 heterocycles. The molecule has 2 N–H and O–H groups in total. The molecule has 120 valence electrons. The Bertz CT molecular complexity index is 685. The van der Waals surface area contributed by atoms with Crippen LogP contribution in [0.2, 0.25) is 19.6 Å². The van der Waals surface area contributed by atoms with E-state index in [4.69, 9.17) is 5.14 Å². The van der Waals surface area contributed by atoms with Gasteiger partial charge in [-0.15, -0.1) is 11.3 Å². The molecule has 0 spiro atoms. The van der Waals surface area contributed by atoms with Crippen LogP contribution in [0.25, 0.3) is 5.83 Å². The first-order valence-corrected chi connectivity index (χ1v) is 11.3. The Hall–Kier alpha value is -0.783. The first-order chi connectivity index (χ1) is 9.15. The summed E-state index contributed by atoms with van der Waals surface area (Å²) in [7, 11) is -6.61. The predicted octanol–water partition coefficient (Wildman–Crippen LogP) is 3.11. The Balaban J connectivity index is 3.68. The van der Waals surface area contributed by atoms with Gasteiger partial charge in [0.05, 0.1) is 8.07 Å². The van der Waals surface area contributed by atoms with Crippen LogP contribution in [0.1, 0.15) is 5.56 Å². The fourth-order valence-corrected chi connectivity index (χ4v) is 5.51. The second-order valence-electron chi connectivity index (χ2n) is 5.23. The summed E-state index contributed by atoms with van der Waals surface area (Å²) in [6.45, 7) is 5.33. The minimum Gasteiger partial charge on any atom is -0.224 e. The number of alkyl halides is 3. The van der Waals surface area contributed by atoms with E-state index < -0.39 is 45.7 Å². The second-order valence-corrected chi connectivity index (χ2v) is 13.4. The van der Waals surface area contributed by atoms with Gasteiger partial charge in [0.25, 0.3) is 0 Å². The van der Waals surface area contributed by atoms with Gasteiger partial charge in [0, 0.05) is 5.56 Å². The maximum absolute atomic E-state index is 13.7. The quantitative estimate of drug-likeness (QED) is 0.661. The van der Waals surface area contributed by atoms with Gasteiger partial charge in [-0.1, -0.05) is 19.6 Å². The van der Waals surface area contributed by atoms with E-state index >= 15 is 0 Å². The minimum atomic E-state index is -5.54. The number of sulfonamides is 1. The molecule has 0 saturated heterocycles. The third-order valence-electron chi connectivity index (χ3n) is 2.37. The van der Waals surface area contributed by atoms with Crippen molar-refractivity contribution in [1.82, 2.24) is 0 Å². The van der Waals surface area contributed by atoms with Crippen LogP contribution >= 0.6 is 11.3 Å². The fraction of sp³-hybridized carbons (Fsp3) is 0.400. The third kappa shape index (κ3) is 4.11. The van der Waals surface area contributed by atoms with Gasteiger partial charge in [-0.3, -0.25) is 0 Å². The van der Waals surface area contributed by atoms with E-state index in [1.54, 1.807) is 19.6 Å². The third-order valence-corrected chi connectivity index (χ3v) is 8.57. The van der Waals surface area contributed by atoms with Crippen molar-refractivity contribution < 1.29 is 30.4 Å². The highest BCUT2D eigenvalue weighted by Crippen LogP contribution is 2.37. The normalized spacial score (nSPS) is 15.1. The fourth-order valence-electron chi connectivity index (χ4n) is 1.35. The molecule has 0 unspecified atom stereocenters. The molecule has 0 aromatic carbocycles. The lowest BCUT2D eigenvalue weighted by molar-refractivity contribution is -0.108. The Labute approximate surface area is 123 Å². The van der Waals surface area contributed by atoms with Gasteiger partial charge < -0.3 is 0 Å². The standard InChI is InChI=1S/C10H12F5NO2S2Si/c1-21(2,3)6-4-5(9(19-6)20(16,17)18)7(11)8(12)10(13,14)15/h4H,1-3H3,(H2,16,17,18). The lowest BCUT2D eigenvalue weighted by atomic mass is 10.2. The molecule has 0 aliphatic rings. The summed E-state index contributed by atoms with van der Waals surface area (Å²) >= 11 is 0.570. The van der Waals surface area contributed by atoms with Crippen LogP contribution in [-0.2, 0) is 10.0 Å². The van der Waals surface area contributed by atoms with Crippen molar-refractivity contribution in [1.29, 1.82) is 0 Å². The molecule has 1 aromatic rings. The lowest BCUT2D eigenvalue weighted by Crippen LogP contribution is -2.34. The highest BCUT2D eigenvalue weighted by Gasteiger charge is 2.40. The van der Waals surface area contributed by atoms with Crippen molar-refractivity contribution in [3.8, 4) is 0 Å². The largest absolute Gasteiger partial charge is 0.445 e. The Morgan fingerprint density at radius 1 is 1.24 bits per heavy atom. The van der Waals surface area contributed by atoms with Crippen LogP contribution in [0.4, 0.5) is 22.0 Å². The molecule has 21 heavy (non-hydrogen) atoms. The molecule has 0 aliphatic heterocycles. The molecule has 3 nitrogen and oxygen atoms in total. The summed E-state index contributed by atoms with van der Waals surface area (Å²) in [6.07, 6.45) is -5.54. The van der Waals surface area contributed by atoms with Crippen molar-refractivity contribution in [3.05, 3.63) is 17.5 Å². The van der Waals surface area contributed by atoms with Crippen molar-refractivity contribution >= 4 is 39.8 Å². The SMILES string of the molecule is C[Si](C)(C)c1cc(C(F)=C(F)C(F)(F)F)c(S(N)(=O)=O)s1. The van der Waals surface area contributed by atoms with Crippen molar-refractivity contribution in [2.24, 2.45) is 5.14 Å². The Morgan fingerprint density at radius 3 is 2.05 bits per heavy atom. The number of halogens is 5. The molecule has 0 fully saturated rings. The monoisotopic (exact) mass is 365 g/mol. The summed E-state index contributed by atoms with van der Waals surface area (Å²) in [5, 5.41) is 4.87. The summed E-state index contributed by atoms with van der Waals surface area (Å²) in [4.78, 5) is 0. The maximum atomic E-state index is 13.7. The Morgan fingerprint density at radius 2 is 1.71 bits per heavy atom. The van der Waals surface area contributed by atoms with Crippen LogP contribution in [0.5, 0.6) is 0 Å². The molecule has 0 amide bonds. The summed E-state index contributed by atoms with van der Waals surface area (Å²) in [5.74, 6) is -5.25. The second kappa shape index (κ2) is 5.45. The smallest absolute Gasteiger partial charge is 0.224 e. The number of nitrogens with two attached hydrogens (primary N) is 1. The predicted molar refractivity (Wildman–Crippen MR) is 73.9 cm³/mol. The number of hydrogen-bond acceptors (Lipinski definition) is 3. The van der Waals surface area contributed by atoms with E-state index in [9.17, 15) is 30.4 Å². The van der Waals surface area contributed by atoms with E-state index in [0.29, 0.717) is 15.8 Å². The van der Waals surface area contributed by atoms with E-state index in [1.807, 2.05) is 0 Å². The molecule has 1 aromatic heterocycles. The molecule has 0 bridgehead atoms. The van der Waals surface area contributed by atoms with Crippen molar-refractivity contribution in [3.63, 3.8) is 0 Å². The van der Waals surface area contributed by atoms with Crippen LogP contribution in [0.15, 0.2) is 16.1 Å². The average molecular weight is 365 g/mol. The first-order valence-electron chi connectivity index (χ1n) is 5.45. The van der Waals surface area contributed by atoms with E-state index in [1.165, 1.54) is 0 Å². The molecular formula is C10H12F5NO2S2Si. The molecule has 0 atom stereocenters. The zero-order valence-electron chi connectivity index (χ0n) is 11.2. The van der Waals surface area contributed by atoms with Crippen molar-refractivity contribution in [2.75, 3.05) is 0 Å². The van der Waals surface area contributed by atoms with E-state index in [-0.39, 0.29) is 0 Å². The Kier molecular flexibility index (Phi) is 4.74. The molecule has 0 aliphatic carbocycles. The van der Waals surface area contributed by atoms with Crippen LogP contribution in [0, 0.1) is 0 Å². The van der Waals surface area contributed by atoms with Crippen LogP contribution in [0.3, 0.4) is 0 Å². The molecular weight excluding hydrogens is 353 g/mol. The van der Waals surface area contributed by atoms with E-state index in [0.717, 1.165) is 6.07 Å². The first kappa shape index (κ1) is 18.3. The topological polar surface area (TPSA) is 60.2 Å². The molecule has 1 rings (SSSR count). The summed E-state index contributed by atoms with van der Waals surface area (Å²) in [6, 6.07) is 0.928. The van der Waals surface area contributed by atoms with Crippen molar-refractivity contribution in [2.45, 2.75) is 30.0 Å². The van der Waals surface area contributed by atoms with Gasteiger partial charge in [0.1, 0.15) is 4.21 Å². The van der Waals surface area contributed by atoms with Gasteiger partial charge >= 0.3 is 6.18 Å². The van der Waals surface area contributed by atoms with Gasteiger partial charge in [0.2, 0.25) is 15.9 Å². The molecule has 0 saturated carbocycles. The van der Waals surface area contributed by atoms with Gasteiger partial charge in [-0.2, -0.15) is 17.6 Å². The van der Waals surface area contributed by atoms with Gasteiger partial charge in [0.15, 0.2) is 5.83 Å². The van der Waals surface area contributed by atoms with Gasteiger partial charge in [-0.25, -0.2) is 17.9 Å². The van der Waals surface area contributed by atoms with Gasteiger partial charge in [-0.05, 0) is 10.6 Å². The average Bonchev–Trinajstić information content (AvgIpc) is 2.69. The zero-order chi connectivity index (χ0) is 16.8. The molecule has 11 heteroatoms. The summed E-state index contributed by atoms with van der Waals surface area (Å²) in [5.41, 5.74) is -0.977.